The predicted molar refractivity (Wildman–Crippen MR) is 94.0 cm³/mol. The number of hydrogen-bond donors (Lipinski definition) is 0. The summed E-state index contributed by atoms with van der Waals surface area (Å²) in [6.45, 7) is -0.577. The molecule has 1 aromatic carbocycles. The monoisotopic (exact) mass is 383 g/mol. The van der Waals surface area contributed by atoms with Crippen molar-refractivity contribution in [1.82, 2.24) is 4.90 Å². The van der Waals surface area contributed by atoms with E-state index in [1.54, 1.807) is 16.8 Å². The fourth-order valence-corrected chi connectivity index (χ4v) is 4.08. The molecule has 0 spiro atoms. The average molecular weight is 383 g/mol. The Hall–Kier alpha value is -1.86. The van der Waals surface area contributed by atoms with Gasteiger partial charge in [0.1, 0.15) is 6.54 Å². The van der Waals surface area contributed by atoms with Crippen LogP contribution < -0.4 is 0 Å². The molecular formula is C19H20F3NO2S. The first-order valence-electron chi connectivity index (χ1n) is 8.41. The lowest BCUT2D eigenvalue weighted by Crippen LogP contribution is -2.51. The highest BCUT2D eigenvalue weighted by Crippen LogP contribution is 2.38. The number of carbonyl (C=O) groups is 1. The zero-order chi connectivity index (χ0) is 18.6. The predicted octanol–water partition coefficient (Wildman–Crippen LogP) is 4.39. The third-order valence-electron chi connectivity index (χ3n) is 4.69. The molecule has 2 aromatic rings. The number of carbonyl (C=O) groups excluding carboxylic acids is 1. The summed E-state index contributed by atoms with van der Waals surface area (Å²) in [6.07, 6.45) is -3.68. The maximum Gasteiger partial charge on any atom is 0.406 e. The van der Waals surface area contributed by atoms with E-state index in [0.717, 1.165) is 10.5 Å². The second kappa shape index (κ2) is 7.80. The Morgan fingerprint density at radius 2 is 1.85 bits per heavy atom. The van der Waals surface area contributed by atoms with Crippen LogP contribution in [0.3, 0.4) is 0 Å². The van der Waals surface area contributed by atoms with E-state index in [2.05, 4.69) is 0 Å². The molecule has 0 aliphatic carbocycles. The summed E-state index contributed by atoms with van der Waals surface area (Å²) in [6, 6.07) is 10.8. The molecule has 0 saturated carbocycles. The Morgan fingerprint density at radius 1 is 1.15 bits per heavy atom. The molecular weight excluding hydrogens is 363 g/mol. The summed E-state index contributed by atoms with van der Waals surface area (Å²) in [5, 5.41) is 3.57. The summed E-state index contributed by atoms with van der Waals surface area (Å²) in [7, 11) is 0. The number of rotatable bonds is 5. The Labute approximate surface area is 154 Å². The van der Waals surface area contributed by atoms with E-state index in [1.807, 2.05) is 30.3 Å². The highest BCUT2D eigenvalue weighted by molar-refractivity contribution is 7.07. The number of alkyl halides is 3. The molecule has 0 atom stereocenters. The van der Waals surface area contributed by atoms with Gasteiger partial charge in [0.2, 0.25) is 5.91 Å². The van der Waals surface area contributed by atoms with E-state index in [1.165, 1.54) is 11.3 Å². The largest absolute Gasteiger partial charge is 0.406 e. The third-order valence-corrected chi connectivity index (χ3v) is 5.43. The van der Waals surface area contributed by atoms with Gasteiger partial charge < -0.3 is 9.64 Å². The van der Waals surface area contributed by atoms with Gasteiger partial charge in [-0.15, -0.1) is 0 Å². The van der Waals surface area contributed by atoms with Crippen LogP contribution in [-0.4, -0.2) is 36.7 Å². The van der Waals surface area contributed by atoms with Crippen LogP contribution >= 0.6 is 11.3 Å². The normalized spacial score (nSPS) is 17.0. The van der Waals surface area contributed by atoms with Gasteiger partial charge in [-0.05, 0) is 40.8 Å². The summed E-state index contributed by atoms with van der Waals surface area (Å²) < 4.78 is 44.9. The van der Waals surface area contributed by atoms with Crippen LogP contribution in [0.4, 0.5) is 13.2 Å². The summed E-state index contributed by atoms with van der Waals surface area (Å²) in [5.74, 6) is -0.476. The number of hydrogen-bond acceptors (Lipinski definition) is 3. The van der Waals surface area contributed by atoms with Crippen molar-refractivity contribution in [2.24, 2.45) is 0 Å². The molecule has 1 aliphatic heterocycles. The highest BCUT2D eigenvalue weighted by Gasteiger charge is 2.46. The van der Waals surface area contributed by atoms with Crippen molar-refractivity contribution in [1.29, 1.82) is 0 Å². The minimum Gasteiger partial charge on any atom is -0.381 e. The second-order valence-electron chi connectivity index (χ2n) is 6.47. The first-order chi connectivity index (χ1) is 12.4. The van der Waals surface area contributed by atoms with Gasteiger partial charge in [-0.25, -0.2) is 0 Å². The summed E-state index contributed by atoms with van der Waals surface area (Å²) in [4.78, 5) is 14.3. The van der Waals surface area contributed by atoms with Gasteiger partial charge in [0.05, 0.1) is 5.41 Å². The molecule has 0 N–H and O–H groups in total. The van der Waals surface area contributed by atoms with Gasteiger partial charge in [-0.2, -0.15) is 24.5 Å². The number of benzene rings is 1. The third kappa shape index (κ3) is 4.27. The van der Waals surface area contributed by atoms with Crippen molar-refractivity contribution in [3.8, 4) is 0 Å². The maximum atomic E-state index is 13.4. The number of thiophene rings is 1. The lowest BCUT2D eigenvalue weighted by atomic mass is 9.73. The summed E-state index contributed by atoms with van der Waals surface area (Å²) >= 11 is 1.40. The Bertz CT molecular complexity index is 710. The fraction of sp³-hybridized carbons (Fsp3) is 0.421. The van der Waals surface area contributed by atoms with Gasteiger partial charge in [0, 0.05) is 19.8 Å². The van der Waals surface area contributed by atoms with Crippen LogP contribution in [0.5, 0.6) is 0 Å². The quantitative estimate of drug-likeness (QED) is 0.767. The lowest BCUT2D eigenvalue weighted by molar-refractivity contribution is -0.168. The van der Waals surface area contributed by atoms with Crippen molar-refractivity contribution in [2.75, 3.05) is 19.8 Å². The zero-order valence-corrected chi connectivity index (χ0v) is 15.0. The van der Waals surface area contributed by atoms with Crippen LogP contribution in [0.2, 0.25) is 0 Å². The molecule has 1 aliphatic rings. The molecule has 7 heteroatoms. The van der Waals surface area contributed by atoms with Gasteiger partial charge in [-0.3, -0.25) is 4.79 Å². The molecule has 1 aromatic heterocycles. The molecule has 0 unspecified atom stereocenters. The minimum absolute atomic E-state index is 0.0444. The first-order valence-corrected chi connectivity index (χ1v) is 9.35. The molecule has 26 heavy (non-hydrogen) atoms. The van der Waals surface area contributed by atoms with E-state index >= 15 is 0 Å². The van der Waals surface area contributed by atoms with Crippen molar-refractivity contribution in [3.63, 3.8) is 0 Å². The molecule has 3 nitrogen and oxygen atoms in total. The van der Waals surface area contributed by atoms with E-state index in [0.29, 0.717) is 31.6 Å². The van der Waals surface area contributed by atoms with Crippen LogP contribution in [0, 0.1) is 0 Å². The standard InChI is InChI=1S/C19H20F3NO2S/c20-19(21,22)14-23(12-15-6-11-26-13-15)17(24)18(7-9-25-10-8-18)16-4-2-1-3-5-16/h1-6,11,13H,7-10,12,14H2. The van der Waals surface area contributed by atoms with Gasteiger partial charge >= 0.3 is 6.18 Å². The van der Waals surface area contributed by atoms with E-state index in [-0.39, 0.29) is 6.54 Å². The molecule has 1 fully saturated rings. The van der Waals surface area contributed by atoms with Crippen LogP contribution in [0.1, 0.15) is 24.0 Å². The SMILES string of the molecule is O=C(N(Cc1ccsc1)CC(F)(F)F)C1(c2ccccc2)CCOCC1. The Kier molecular flexibility index (Phi) is 5.67. The Balaban J connectivity index is 1.95. The highest BCUT2D eigenvalue weighted by atomic mass is 32.1. The van der Waals surface area contributed by atoms with Crippen molar-refractivity contribution in [2.45, 2.75) is 31.0 Å². The fourth-order valence-electron chi connectivity index (χ4n) is 3.42. The minimum atomic E-state index is -4.45. The number of nitrogens with zero attached hydrogens (tertiary/aromatic N) is 1. The van der Waals surface area contributed by atoms with Gasteiger partial charge in [0.15, 0.2) is 0 Å². The van der Waals surface area contributed by atoms with E-state index < -0.39 is 24.0 Å². The molecule has 0 bridgehead atoms. The van der Waals surface area contributed by atoms with Crippen molar-refractivity contribution >= 4 is 17.2 Å². The molecule has 140 valence electrons. The first kappa shape index (κ1) is 18.9. The molecule has 3 rings (SSSR count). The average Bonchev–Trinajstić information content (AvgIpc) is 3.14. The molecule has 1 amide bonds. The molecule has 0 radical (unpaired) electrons. The van der Waals surface area contributed by atoms with Gasteiger partial charge in [-0.1, -0.05) is 30.3 Å². The smallest absolute Gasteiger partial charge is 0.381 e. The van der Waals surface area contributed by atoms with Crippen LogP contribution in [0.25, 0.3) is 0 Å². The summed E-state index contributed by atoms with van der Waals surface area (Å²) in [5.41, 5.74) is 0.495. The second-order valence-corrected chi connectivity index (χ2v) is 7.25. The zero-order valence-electron chi connectivity index (χ0n) is 14.2. The topological polar surface area (TPSA) is 29.5 Å². The number of ether oxygens (including phenoxy) is 1. The maximum absolute atomic E-state index is 13.4. The lowest BCUT2D eigenvalue weighted by Gasteiger charge is -2.40. The van der Waals surface area contributed by atoms with Crippen LogP contribution in [0.15, 0.2) is 47.2 Å². The Morgan fingerprint density at radius 3 is 2.42 bits per heavy atom. The molecule has 2 heterocycles. The van der Waals surface area contributed by atoms with Crippen LogP contribution in [-0.2, 0) is 21.5 Å². The number of halogens is 3. The van der Waals surface area contributed by atoms with E-state index in [9.17, 15) is 18.0 Å². The van der Waals surface area contributed by atoms with Crippen molar-refractivity contribution in [3.05, 3.63) is 58.3 Å². The van der Waals surface area contributed by atoms with E-state index in [4.69, 9.17) is 4.74 Å². The number of amides is 1. The van der Waals surface area contributed by atoms with Crippen molar-refractivity contribution < 1.29 is 22.7 Å². The molecule has 1 saturated heterocycles. The van der Waals surface area contributed by atoms with Gasteiger partial charge in [0.25, 0.3) is 0 Å².